The summed E-state index contributed by atoms with van der Waals surface area (Å²) in [5.41, 5.74) is 0.0691. The Kier molecular flexibility index (Phi) is 4.01. The summed E-state index contributed by atoms with van der Waals surface area (Å²) >= 11 is 17.4. The largest absolute Gasteiger partial charge is 0.420 e. The van der Waals surface area contributed by atoms with Crippen LogP contribution in [0.2, 0.25) is 15.1 Å². The summed E-state index contributed by atoms with van der Waals surface area (Å²) in [5, 5.41) is 0.700. The standard InChI is InChI=1S/C11H5Cl3N2O2/c12-6-3-8(14)10(4-7(6)13)18-11(17)9-5-15-1-2-16-9/h1-5H. The molecule has 0 amide bonds. The first-order valence-electron chi connectivity index (χ1n) is 4.70. The van der Waals surface area contributed by atoms with Crippen LogP contribution in [-0.2, 0) is 0 Å². The molecule has 18 heavy (non-hydrogen) atoms. The normalized spacial score (nSPS) is 10.2. The zero-order chi connectivity index (χ0) is 13.1. The lowest BCUT2D eigenvalue weighted by Crippen LogP contribution is -2.11. The van der Waals surface area contributed by atoms with Crippen molar-refractivity contribution in [1.29, 1.82) is 0 Å². The van der Waals surface area contributed by atoms with Gasteiger partial charge in [0.05, 0.1) is 21.3 Å². The van der Waals surface area contributed by atoms with Crippen LogP contribution in [-0.4, -0.2) is 15.9 Å². The molecule has 1 aromatic heterocycles. The van der Waals surface area contributed by atoms with Crippen molar-refractivity contribution in [1.82, 2.24) is 9.97 Å². The van der Waals surface area contributed by atoms with Crippen LogP contribution in [0, 0.1) is 0 Å². The van der Waals surface area contributed by atoms with Gasteiger partial charge in [-0.2, -0.15) is 0 Å². The molecule has 1 heterocycles. The van der Waals surface area contributed by atoms with E-state index in [1.165, 1.54) is 30.7 Å². The first-order chi connectivity index (χ1) is 8.58. The van der Waals surface area contributed by atoms with Crippen LogP contribution in [0.15, 0.2) is 30.7 Å². The maximum Gasteiger partial charge on any atom is 0.363 e. The zero-order valence-electron chi connectivity index (χ0n) is 8.73. The number of hydrogen-bond donors (Lipinski definition) is 0. The predicted molar refractivity (Wildman–Crippen MR) is 68.5 cm³/mol. The number of carbonyl (C=O) groups excluding carboxylic acids is 1. The second-order valence-electron chi connectivity index (χ2n) is 3.18. The Labute approximate surface area is 117 Å². The van der Waals surface area contributed by atoms with E-state index in [1.54, 1.807) is 0 Å². The minimum Gasteiger partial charge on any atom is -0.420 e. The molecule has 0 saturated heterocycles. The van der Waals surface area contributed by atoms with Gasteiger partial charge in [-0.15, -0.1) is 0 Å². The van der Waals surface area contributed by atoms with E-state index in [9.17, 15) is 4.79 Å². The lowest BCUT2D eigenvalue weighted by Gasteiger charge is -2.06. The van der Waals surface area contributed by atoms with Crippen molar-refractivity contribution in [3.8, 4) is 5.75 Å². The second kappa shape index (κ2) is 5.52. The van der Waals surface area contributed by atoms with E-state index < -0.39 is 5.97 Å². The fourth-order valence-corrected chi connectivity index (χ4v) is 1.71. The van der Waals surface area contributed by atoms with Crippen LogP contribution in [0.5, 0.6) is 5.75 Å². The van der Waals surface area contributed by atoms with E-state index >= 15 is 0 Å². The van der Waals surface area contributed by atoms with Crippen LogP contribution in [0.1, 0.15) is 10.5 Å². The lowest BCUT2D eigenvalue weighted by atomic mass is 10.3. The SMILES string of the molecule is O=C(Oc1cc(Cl)c(Cl)cc1Cl)c1cnccn1. The fraction of sp³-hybridized carbons (Fsp3) is 0. The molecule has 2 rings (SSSR count). The maximum atomic E-state index is 11.7. The molecule has 4 nitrogen and oxygen atoms in total. The molecule has 92 valence electrons. The predicted octanol–water partition coefficient (Wildman–Crippen LogP) is 3.66. The molecule has 0 spiro atoms. The summed E-state index contributed by atoms with van der Waals surface area (Å²) in [7, 11) is 0. The van der Waals surface area contributed by atoms with Crippen molar-refractivity contribution < 1.29 is 9.53 Å². The summed E-state index contributed by atoms with van der Waals surface area (Å²) in [4.78, 5) is 19.3. The molecule has 0 aliphatic heterocycles. The van der Waals surface area contributed by atoms with Gasteiger partial charge in [0.25, 0.3) is 0 Å². The third-order valence-electron chi connectivity index (χ3n) is 1.95. The Morgan fingerprint density at radius 1 is 1.06 bits per heavy atom. The Bertz CT molecular complexity index is 590. The van der Waals surface area contributed by atoms with Gasteiger partial charge in [0.15, 0.2) is 11.4 Å². The highest BCUT2D eigenvalue weighted by Gasteiger charge is 2.14. The van der Waals surface area contributed by atoms with E-state index in [2.05, 4.69) is 9.97 Å². The Hall–Kier alpha value is -1.36. The van der Waals surface area contributed by atoms with Crippen LogP contribution in [0.4, 0.5) is 0 Å². The molecule has 0 fully saturated rings. The first-order valence-corrected chi connectivity index (χ1v) is 5.84. The van der Waals surface area contributed by atoms with Crippen molar-refractivity contribution in [2.45, 2.75) is 0 Å². The molecule has 0 aliphatic carbocycles. The molecule has 0 bridgehead atoms. The number of nitrogens with zero attached hydrogens (tertiary/aromatic N) is 2. The molecular formula is C11H5Cl3N2O2. The van der Waals surface area contributed by atoms with Gasteiger partial charge in [0.2, 0.25) is 0 Å². The summed E-state index contributed by atoms with van der Waals surface area (Å²) in [6.07, 6.45) is 4.11. The third-order valence-corrected chi connectivity index (χ3v) is 2.97. The molecular weight excluding hydrogens is 298 g/mol. The van der Waals surface area contributed by atoms with Crippen molar-refractivity contribution in [3.05, 3.63) is 51.5 Å². The summed E-state index contributed by atoms with van der Waals surface area (Å²) in [6, 6.07) is 2.76. The molecule has 0 unspecified atom stereocenters. The Morgan fingerprint density at radius 3 is 2.44 bits per heavy atom. The molecule has 0 atom stereocenters. The van der Waals surface area contributed by atoms with E-state index in [-0.39, 0.29) is 26.5 Å². The fourth-order valence-electron chi connectivity index (χ4n) is 1.14. The van der Waals surface area contributed by atoms with Gasteiger partial charge in [-0.05, 0) is 6.07 Å². The number of benzene rings is 1. The van der Waals surface area contributed by atoms with Gasteiger partial charge in [0, 0.05) is 18.5 Å². The quantitative estimate of drug-likeness (QED) is 0.483. The van der Waals surface area contributed by atoms with Gasteiger partial charge in [-0.1, -0.05) is 34.8 Å². The number of rotatable bonds is 2. The van der Waals surface area contributed by atoms with Gasteiger partial charge < -0.3 is 4.74 Å². The van der Waals surface area contributed by atoms with Crippen LogP contribution in [0.25, 0.3) is 0 Å². The Morgan fingerprint density at radius 2 is 1.78 bits per heavy atom. The highest BCUT2D eigenvalue weighted by molar-refractivity contribution is 6.43. The summed E-state index contributed by atoms with van der Waals surface area (Å²) < 4.78 is 5.05. The van der Waals surface area contributed by atoms with Crippen molar-refractivity contribution >= 4 is 40.8 Å². The highest BCUT2D eigenvalue weighted by atomic mass is 35.5. The number of esters is 1. The molecule has 7 heteroatoms. The average molecular weight is 304 g/mol. The average Bonchev–Trinajstić information content (AvgIpc) is 2.37. The van der Waals surface area contributed by atoms with E-state index in [1.807, 2.05) is 0 Å². The summed E-state index contributed by atoms with van der Waals surface area (Å²) in [6.45, 7) is 0. The second-order valence-corrected chi connectivity index (χ2v) is 4.40. The van der Waals surface area contributed by atoms with Crippen molar-refractivity contribution in [2.24, 2.45) is 0 Å². The van der Waals surface area contributed by atoms with Crippen molar-refractivity contribution in [3.63, 3.8) is 0 Å². The Balaban J connectivity index is 2.25. The van der Waals surface area contributed by atoms with Crippen molar-refractivity contribution in [2.75, 3.05) is 0 Å². The van der Waals surface area contributed by atoms with E-state index in [0.717, 1.165) is 0 Å². The minimum absolute atomic E-state index is 0.0691. The number of aromatic nitrogens is 2. The first kappa shape index (κ1) is 13.1. The number of halogens is 3. The number of carbonyl (C=O) groups is 1. The number of ether oxygens (including phenoxy) is 1. The van der Waals surface area contributed by atoms with Crippen LogP contribution in [0.3, 0.4) is 0 Å². The van der Waals surface area contributed by atoms with Gasteiger partial charge >= 0.3 is 5.97 Å². The van der Waals surface area contributed by atoms with E-state index in [4.69, 9.17) is 39.5 Å². The molecule has 0 saturated carbocycles. The molecule has 0 N–H and O–H groups in total. The highest BCUT2D eigenvalue weighted by Crippen LogP contribution is 2.34. The number of hydrogen-bond acceptors (Lipinski definition) is 4. The monoisotopic (exact) mass is 302 g/mol. The third kappa shape index (κ3) is 2.90. The zero-order valence-corrected chi connectivity index (χ0v) is 11.0. The van der Waals surface area contributed by atoms with Crippen LogP contribution < -0.4 is 4.74 Å². The lowest BCUT2D eigenvalue weighted by molar-refractivity contribution is 0.0728. The topological polar surface area (TPSA) is 52.1 Å². The maximum absolute atomic E-state index is 11.7. The van der Waals surface area contributed by atoms with Gasteiger partial charge in [-0.25, -0.2) is 9.78 Å². The summed E-state index contributed by atoms with van der Waals surface area (Å²) in [5.74, 6) is -0.565. The van der Waals surface area contributed by atoms with Gasteiger partial charge in [0.1, 0.15) is 0 Å². The van der Waals surface area contributed by atoms with E-state index in [0.29, 0.717) is 0 Å². The smallest absolute Gasteiger partial charge is 0.363 e. The molecule has 1 aromatic carbocycles. The molecule has 0 radical (unpaired) electrons. The van der Waals surface area contributed by atoms with Crippen LogP contribution >= 0.6 is 34.8 Å². The minimum atomic E-state index is -0.677. The molecule has 0 aliphatic rings. The molecule has 2 aromatic rings. The van der Waals surface area contributed by atoms with Gasteiger partial charge in [-0.3, -0.25) is 4.98 Å².